The molecule has 0 unspecified atom stereocenters. The fourth-order valence-electron chi connectivity index (χ4n) is 4.19. The van der Waals surface area contributed by atoms with E-state index in [2.05, 4.69) is 27.6 Å². The van der Waals surface area contributed by atoms with Gasteiger partial charge in [0.15, 0.2) is 5.82 Å². The second-order valence-electron chi connectivity index (χ2n) is 10.4. The number of halogens is 1. The smallest absolute Gasteiger partial charge is 0.324 e. The Bertz CT molecular complexity index is 1370. The van der Waals surface area contributed by atoms with E-state index in [1.54, 1.807) is 63.4 Å². The zero-order valence-corrected chi connectivity index (χ0v) is 23.5. The quantitative estimate of drug-likeness (QED) is 0.190. The molecule has 3 aromatic rings. The Hall–Kier alpha value is -3.95. The highest BCUT2D eigenvalue weighted by molar-refractivity contribution is 5.99. The third kappa shape index (κ3) is 8.28. The number of rotatable bonds is 10. The Morgan fingerprint density at radius 2 is 1.88 bits per heavy atom. The van der Waals surface area contributed by atoms with Crippen LogP contribution in [-0.4, -0.2) is 74.1 Å². The fraction of sp³-hybridized carbons (Fsp3) is 0.400. The van der Waals surface area contributed by atoms with Gasteiger partial charge in [-0.1, -0.05) is 30.8 Å². The molecule has 11 heteroatoms. The molecule has 10 nitrogen and oxygen atoms in total. The molecule has 41 heavy (non-hydrogen) atoms. The summed E-state index contributed by atoms with van der Waals surface area (Å²) >= 11 is 0. The number of aliphatic hydroxyl groups excluding tert-OH is 1. The Morgan fingerprint density at radius 1 is 1.12 bits per heavy atom. The van der Waals surface area contributed by atoms with E-state index in [1.165, 1.54) is 6.07 Å². The van der Waals surface area contributed by atoms with E-state index < -0.39 is 17.3 Å². The number of urea groups is 1. The SMILES string of the molecule is CO[N+]1(CCCOc2ccc(C#Cc3ccc(NC(=O)Nc4cc(C(C)(C)CO)on4)cc3)c(F)c2)CCOCC1. The molecule has 2 amide bonds. The monoisotopic (exact) mass is 567 g/mol. The maximum absolute atomic E-state index is 14.6. The molecule has 4 rings (SSSR count). The minimum absolute atomic E-state index is 0.123. The van der Waals surface area contributed by atoms with E-state index in [0.717, 1.165) is 26.1 Å². The van der Waals surface area contributed by atoms with Gasteiger partial charge in [-0.25, -0.2) is 14.0 Å². The largest absolute Gasteiger partial charge is 0.493 e. The van der Waals surface area contributed by atoms with Crippen LogP contribution in [0.2, 0.25) is 0 Å². The summed E-state index contributed by atoms with van der Waals surface area (Å²) in [6.07, 6.45) is 0.771. The van der Waals surface area contributed by atoms with Crippen molar-refractivity contribution in [1.82, 2.24) is 5.16 Å². The van der Waals surface area contributed by atoms with Crippen molar-refractivity contribution in [3.63, 3.8) is 0 Å². The Balaban J connectivity index is 1.25. The van der Waals surface area contributed by atoms with E-state index in [1.807, 2.05) is 0 Å². The highest BCUT2D eigenvalue weighted by Gasteiger charge is 2.31. The first kappa shape index (κ1) is 30.0. The van der Waals surface area contributed by atoms with Gasteiger partial charge in [-0.3, -0.25) is 5.32 Å². The number of quaternary nitrogens is 1. The molecule has 0 bridgehead atoms. The molecule has 2 aromatic carbocycles. The standard InChI is InChI=1S/C30H35FN4O6/c1-30(2,21-36)27-20-28(34-41-27)33-29(37)32-24-10-6-22(7-11-24)5-8-23-9-12-25(19-26(23)31)40-16-4-13-35(38-3)14-17-39-18-15-35/h6-7,9-12,19-20,36H,4,13-18,21H2,1-3H3,(H-,32,33,34,37)/p+1. The molecule has 2 heterocycles. The fourth-order valence-corrected chi connectivity index (χ4v) is 4.19. The van der Waals surface area contributed by atoms with Crippen molar-refractivity contribution in [3.8, 4) is 17.6 Å². The van der Waals surface area contributed by atoms with Gasteiger partial charge >= 0.3 is 6.03 Å². The minimum Gasteiger partial charge on any atom is -0.493 e. The van der Waals surface area contributed by atoms with Crippen LogP contribution in [0.25, 0.3) is 0 Å². The zero-order chi connectivity index (χ0) is 29.3. The third-order valence-electron chi connectivity index (χ3n) is 6.89. The van der Waals surface area contributed by atoms with E-state index in [0.29, 0.717) is 47.2 Å². The average molecular weight is 568 g/mol. The number of ether oxygens (including phenoxy) is 2. The number of aliphatic hydroxyl groups is 1. The van der Waals surface area contributed by atoms with Crippen LogP contribution in [-0.2, 0) is 15.0 Å². The van der Waals surface area contributed by atoms with Gasteiger partial charge < -0.3 is 24.4 Å². The second-order valence-corrected chi connectivity index (χ2v) is 10.4. The summed E-state index contributed by atoms with van der Waals surface area (Å²) < 4.78 is 31.6. The number of morpholine rings is 1. The van der Waals surface area contributed by atoms with Crippen LogP contribution in [0.3, 0.4) is 0 Å². The third-order valence-corrected chi connectivity index (χ3v) is 6.89. The van der Waals surface area contributed by atoms with Crippen LogP contribution in [0.15, 0.2) is 53.1 Å². The number of hydrogen-bond acceptors (Lipinski definition) is 7. The van der Waals surface area contributed by atoms with Crippen molar-refractivity contribution < 1.29 is 37.8 Å². The van der Waals surface area contributed by atoms with Crippen LogP contribution in [0, 0.1) is 17.7 Å². The molecule has 1 aliphatic rings. The molecular formula is C30H36FN4O6+. The van der Waals surface area contributed by atoms with Crippen LogP contribution in [0.1, 0.15) is 37.2 Å². The summed E-state index contributed by atoms with van der Waals surface area (Å²) in [6, 6.07) is 12.5. The van der Waals surface area contributed by atoms with Crippen LogP contribution in [0.5, 0.6) is 5.75 Å². The average Bonchev–Trinajstić information content (AvgIpc) is 3.45. The van der Waals surface area contributed by atoms with Crippen molar-refractivity contribution >= 4 is 17.5 Å². The first-order valence-corrected chi connectivity index (χ1v) is 13.4. The van der Waals surface area contributed by atoms with E-state index in [9.17, 15) is 14.3 Å². The number of nitrogens with zero attached hydrogens (tertiary/aromatic N) is 2. The lowest BCUT2D eigenvalue weighted by Crippen LogP contribution is -2.54. The predicted octanol–water partition coefficient (Wildman–Crippen LogP) is 4.30. The number of hydrogen-bond donors (Lipinski definition) is 3. The maximum atomic E-state index is 14.6. The van der Waals surface area contributed by atoms with Gasteiger partial charge in [0.2, 0.25) is 0 Å². The zero-order valence-electron chi connectivity index (χ0n) is 23.5. The number of nitrogens with one attached hydrogen (secondary N) is 2. The summed E-state index contributed by atoms with van der Waals surface area (Å²) in [4.78, 5) is 18.0. The highest BCUT2D eigenvalue weighted by atomic mass is 19.1. The number of anilines is 2. The van der Waals surface area contributed by atoms with Gasteiger partial charge in [-0.15, -0.1) is 0 Å². The normalized spacial score (nSPS) is 14.6. The number of benzene rings is 2. The van der Waals surface area contributed by atoms with Gasteiger partial charge in [0.1, 0.15) is 37.0 Å². The number of aromatic nitrogens is 1. The predicted molar refractivity (Wildman–Crippen MR) is 151 cm³/mol. The summed E-state index contributed by atoms with van der Waals surface area (Å²) in [6.45, 7) is 7.71. The summed E-state index contributed by atoms with van der Waals surface area (Å²) in [5.41, 5.74) is 0.832. The molecule has 0 saturated carbocycles. The molecule has 1 fully saturated rings. The highest BCUT2D eigenvalue weighted by Crippen LogP contribution is 2.25. The minimum atomic E-state index is -0.613. The molecule has 1 aromatic heterocycles. The topological polar surface area (TPSA) is 115 Å². The van der Waals surface area contributed by atoms with Gasteiger partial charge in [0.25, 0.3) is 0 Å². The van der Waals surface area contributed by atoms with Gasteiger partial charge in [0.05, 0.1) is 39.1 Å². The van der Waals surface area contributed by atoms with E-state index in [-0.39, 0.29) is 18.0 Å². The molecule has 0 radical (unpaired) electrons. The summed E-state index contributed by atoms with van der Waals surface area (Å²) in [5.74, 6) is 6.45. The first-order valence-electron chi connectivity index (χ1n) is 13.4. The number of carbonyl (C=O) groups is 1. The first-order chi connectivity index (χ1) is 19.7. The van der Waals surface area contributed by atoms with Crippen LogP contribution >= 0.6 is 0 Å². The molecular weight excluding hydrogens is 531 g/mol. The summed E-state index contributed by atoms with van der Waals surface area (Å²) in [5, 5.41) is 18.5. The lowest BCUT2D eigenvalue weighted by atomic mass is 9.92. The van der Waals surface area contributed by atoms with Gasteiger partial charge in [0, 0.05) is 35.2 Å². The number of carbonyl (C=O) groups excluding carboxylic acids is 1. The summed E-state index contributed by atoms with van der Waals surface area (Å²) in [7, 11) is 1.71. The Morgan fingerprint density at radius 3 is 2.56 bits per heavy atom. The van der Waals surface area contributed by atoms with Crippen molar-refractivity contribution in [3.05, 3.63) is 71.2 Å². The number of amides is 2. The Labute approximate surface area is 238 Å². The van der Waals surface area contributed by atoms with Crippen molar-refractivity contribution in [2.75, 3.05) is 63.8 Å². The van der Waals surface area contributed by atoms with E-state index >= 15 is 0 Å². The second kappa shape index (κ2) is 13.6. The maximum Gasteiger partial charge on any atom is 0.324 e. The lowest BCUT2D eigenvalue weighted by molar-refractivity contribution is -1.11. The molecule has 1 saturated heterocycles. The van der Waals surface area contributed by atoms with Crippen molar-refractivity contribution in [1.29, 1.82) is 0 Å². The molecule has 3 N–H and O–H groups in total. The van der Waals surface area contributed by atoms with Crippen molar-refractivity contribution in [2.45, 2.75) is 25.7 Å². The van der Waals surface area contributed by atoms with Crippen LogP contribution in [0.4, 0.5) is 20.7 Å². The van der Waals surface area contributed by atoms with Crippen LogP contribution < -0.4 is 15.4 Å². The molecule has 1 aliphatic heterocycles. The van der Waals surface area contributed by atoms with Gasteiger partial charge in [-0.2, -0.15) is 4.65 Å². The molecule has 0 atom stereocenters. The molecule has 0 spiro atoms. The Kier molecular flexibility index (Phi) is 9.96. The number of hydroxylamine groups is 3. The molecule has 218 valence electrons. The van der Waals surface area contributed by atoms with E-state index in [4.69, 9.17) is 18.8 Å². The van der Waals surface area contributed by atoms with Gasteiger partial charge in [-0.05, 0) is 36.4 Å². The lowest BCUT2D eigenvalue weighted by Gasteiger charge is -2.36. The van der Waals surface area contributed by atoms with Crippen molar-refractivity contribution in [2.24, 2.45) is 0 Å². The molecule has 0 aliphatic carbocycles.